The van der Waals surface area contributed by atoms with E-state index < -0.39 is 0 Å². The highest BCUT2D eigenvalue weighted by Crippen LogP contribution is 2.37. The van der Waals surface area contributed by atoms with Crippen LogP contribution in [0, 0.1) is 20.8 Å². The lowest BCUT2D eigenvalue weighted by atomic mass is 9.84. The standard InChI is InChI=1S/C27H28N3/c1-19-16-20(2)27(21(3)17-19)30-18-29-24(14-15-25(29)28-30)26(22-10-6-4-7-11-22)23-12-8-5-9-13-23/h4-13,16-18,24,26H,14-15H2,1-3H3/q+1. The fourth-order valence-electron chi connectivity index (χ4n) is 5.18. The fraction of sp³-hybridized carbons (Fsp3) is 0.259. The maximum atomic E-state index is 5.01. The summed E-state index contributed by atoms with van der Waals surface area (Å²) in [5.41, 5.74) is 7.78. The smallest absolute Gasteiger partial charge is 0.230 e. The summed E-state index contributed by atoms with van der Waals surface area (Å²) in [5.74, 6) is 1.49. The van der Waals surface area contributed by atoms with Gasteiger partial charge in [0.05, 0.1) is 6.04 Å². The van der Waals surface area contributed by atoms with Crippen LogP contribution in [0.15, 0.2) is 79.1 Å². The Kier molecular flexibility index (Phi) is 4.74. The van der Waals surface area contributed by atoms with Gasteiger partial charge in [0.15, 0.2) is 0 Å². The molecule has 0 saturated heterocycles. The summed E-state index contributed by atoms with van der Waals surface area (Å²) in [4.78, 5) is 0. The molecule has 4 aromatic rings. The number of benzene rings is 3. The van der Waals surface area contributed by atoms with Crippen molar-refractivity contribution in [3.63, 3.8) is 0 Å². The third-order valence-corrected chi connectivity index (χ3v) is 6.34. The lowest BCUT2D eigenvalue weighted by molar-refractivity contribution is -0.718. The number of aryl methyl sites for hydroxylation is 4. The van der Waals surface area contributed by atoms with Crippen LogP contribution in [-0.2, 0) is 6.42 Å². The van der Waals surface area contributed by atoms with E-state index in [0.717, 1.165) is 12.8 Å². The molecule has 2 heterocycles. The molecule has 1 aliphatic heterocycles. The Bertz CT molecular complexity index is 1110. The number of aromatic nitrogens is 3. The molecule has 3 nitrogen and oxygen atoms in total. The van der Waals surface area contributed by atoms with Crippen molar-refractivity contribution in [2.24, 2.45) is 0 Å². The van der Waals surface area contributed by atoms with Gasteiger partial charge in [-0.05, 0) is 49.4 Å². The topological polar surface area (TPSA) is 21.7 Å². The summed E-state index contributed by atoms with van der Waals surface area (Å²) >= 11 is 0. The molecule has 1 atom stereocenters. The lowest BCUT2D eigenvalue weighted by Gasteiger charge is -2.23. The zero-order valence-electron chi connectivity index (χ0n) is 17.9. The number of fused-ring (bicyclic) bond motifs is 1. The van der Waals surface area contributed by atoms with Crippen molar-refractivity contribution in [1.29, 1.82) is 0 Å². The Balaban J connectivity index is 1.60. The van der Waals surface area contributed by atoms with E-state index in [2.05, 4.69) is 109 Å². The summed E-state index contributed by atoms with van der Waals surface area (Å²) in [5, 5.41) is 5.01. The molecule has 1 aliphatic rings. The maximum absolute atomic E-state index is 5.01. The van der Waals surface area contributed by atoms with Gasteiger partial charge in [-0.25, -0.2) is 4.57 Å². The lowest BCUT2D eigenvalue weighted by Crippen LogP contribution is -2.40. The van der Waals surface area contributed by atoms with Gasteiger partial charge < -0.3 is 0 Å². The Morgan fingerprint density at radius 2 is 1.43 bits per heavy atom. The molecule has 1 aromatic heterocycles. The molecule has 0 N–H and O–H groups in total. The van der Waals surface area contributed by atoms with Crippen LogP contribution < -0.4 is 4.57 Å². The zero-order chi connectivity index (χ0) is 20.7. The average molecular weight is 395 g/mol. The monoisotopic (exact) mass is 394 g/mol. The van der Waals surface area contributed by atoms with E-state index in [9.17, 15) is 0 Å². The minimum atomic E-state index is 0.316. The molecule has 150 valence electrons. The van der Waals surface area contributed by atoms with Gasteiger partial charge >= 0.3 is 0 Å². The predicted molar refractivity (Wildman–Crippen MR) is 120 cm³/mol. The third kappa shape index (κ3) is 3.24. The Labute approximate surface area is 178 Å². The van der Waals surface area contributed by atoms with Crippen molar-refractivity contribution >= 4 is 0 Å². The van der Waals surface area contributed by atoms with E-state index in [0.29, 0.717) is 12.0 Å². The Hall–Kier alpha value is -3.20. The van der Waals surface area contributed by atoms with Crippen LogP contribution in [0.5, 0.6) is 0 Å². The van der Waals surface area contributed by atoms with Crippen LogP contribution in [0.25, 0.3) is 5.69 Å². The first kappa shape index (κ1) is 18.8. The van der Waals surface area contributed by atoms with E-state index in [-0.39, 0.29) is 0 Å². The van der Waals surface area contributed by atoms with Gasteiger partial charge in [-0.2, -0.15) is 0 Å². The largest absolute Gasteiger partial charge is 0.278 e. The first-order chi connectivity index (χ1) is 14.6. The van der Waals surface area contributed by atoms with Crippen molar-refractivity contribution < 1.29 is 4.57 Å². The second-order valence-electron chi connectivity index (χ2n) is 8.54. The highest BCUT2D eigenvalue weighted by molar-refractivity contribution is 5.48. The van der Waals surface area contributed by atoms with Gasteiger partial charge in [0.25, 0.3) is 5.82 Å². The minimum absolute atomic E-state index is 0.316. The summed E-state index contributed by atoms with van der Waals surface area (Å²) in [6.07, 6.45) is 4.35. The highest BCUT2D eigenvalue weighted by atomic mass is 15.4. The number of rotatable bonds is 4. The quantitative estimate of drug-likeness (QED) is 0.425. The van der Waals surface area contributed by atoms with Crippen molar-refractivity contribution in [2.75, 3.05) is 0 Å². The molecule has 5 rings (SSSR count). The SMILES string of the molecule is Cc1cc(C)c(-n2c[n+]3c(n2)CCC3C(c2ccccc2)c2ccccc2)c(C)c1. The van der Waals surface area contributed by atoms with Gasteiger partial charge in [0.2, 0.25) is 6.33 Å². The first-order valence-electron chi connectivity index (χ1n) is 10.8. The molecule has 0 amide bonds. The number of hydrogen-bond acceptors (Lipinski definition) is 1. The van der Waals surface area contributed by atoms with Crippen LogP contribution in [-0.4, -0.2) is 9.78 Å². The first-order valence-corrected chi connectivity index (χ1v) is 10.8. The average Bonchev–Trinajstić information content (AvgIpc) is 3.31. The second-order valence-corrected chi connectivity index (χ2v) is 8.54. The normalized spacial score (nSPS) is 15.5. The van der Waals surface area contributed by atoms with E-state index in [1.807, 2.05) is 0 Å². The molecule has 1 unspecified atom stereocenters. The molecule has 0 saturated carbocycles. The third-order valence-electron chi connectivity index (χ3n) is 6.34. The number of hydrogen-bond donors (Lipinski definition) is 0. The maximum Gasteiger partial charge on any atom is 0.278 e. The highest BCUT2D eigenvalue weighted by Gasteiger charge is 2.38. The molecule has 3 aromatic carbocycles. The zero-order valence-corrected chi connectivity index (χ0v) is 17.9. The van der Waals surface area contributed by atoms with Gasteiger partial charge in [-0.15, -0.1) is 0 Å². The predicted octanol–water partition coefficient (Wildman–Crippen LogP) is 5.40. The van der Waals surface area contributed by atoms with Crippen LogP contribution in [0.4, 0.5) is 0 Å². The van der Waals surface area contributed by atoms with Crippen molar-refractivity contribution in [3.05, 3.63) is 113 Å². The summed E-state index contributed by atoms with van der Waals surface area (Å²) in [6, 6.07) is 26.7. The van der Waals surface area contributed by atoms with Gasteiger partial charge in [0, 0.05) is 17.4 Å². The van der Waals surface area contributed by atoms with E-state index >= 15 is 0 Å². The molecule has 0 spiro atoms. The van der Waals surface area contributed by atoms with Crippen LogP contribution in [0.2, 0.25) is 0 Å². The molecule has 0 bridgehead atoms. The number of nitrogens with zero attached hydrogens (tertiary/aromatic N) is 3. The van der Waals surface area contributed by atoms with Crippen molar-refractivity contribution in [3.8, 4) is 5.69 Å². The van der Waals surface area contributed by atoms with E-state index in [1.165, 1.54) is 39.3 Å². The van der Waals surface area contributed by atoms with Gasteiger partial charge in [-0.1, -0.05) is 83.0 Å². The summed E-state index contributed by atoms with van der Waals surface area (Å²) < 4.78 is 4.52. The minimum Gasteiger partial charge on any atom is -0.230 e. The van der Waals surface area contributed by atoms with Crippen LogP contribution in [0.3, 0.4) is 0 Å². The van der Waals surface area contributed by atoms with Crippen LogP contribution >= 0.6 is 0 Å². The molecular formula is C27H28N3+. The van der Waals surface area contributed by atoms with E-state index in [4.69, 9.17) is 5.10 Å². The molecule has 3 heteroatoms. The summed E-state index contributed by atoms with van der Waals surface area (Å²) in [7, 11) is 0. The summed E-state index contributed by atoms with van der Waals surface area (Å²) in [6.45, 7) is 6.52. The molecule has 30 heavy (non-hydrogen) atoms. The van der Waals surface area contributed by atoms with E-state index in [1.54, 1.807) is 0 Å². The second kappa shape index (κ2) is 7.56. The molecule has 0 fully saturated rings. The van der Waals surface area contributed by atoms with Gasteiger partial charge in [0.1, 0.15) is 5.69 Å². The Morgan fingerprint density at radius 3 is 2.00 bits per heavy atom. The molecule has 0 aliphatic carbocycles. The fourth-order valence-corrected chi connectivity index (χ4v) is 5.18. The van der Waals surface area contributed by atoms with Crippen molar-refractivity contribution in [2.45, 2.75) is 45.6 Å². The van der Waals surface area contributed by atoms with Gasteiger partial charge in [-0.3, -0.25) is 0 Å². The van der Waals surface area contributed by atoms with Crippen LogP contribution in [0.1, 0.15) is 52.0 Å². The molecular weight excluding hydrogens is 366 g/mol. The van der Waals surface area contributed by atoms with Crippen molar-refractivity contribution in [1.82, 2.24) is 9.78 Å². The Morgan fingerprint density at radius 1 is 0.867 bits per heavy atom. The molecule has 0 radical (unpaired) electrons.